The van der Waals surface area contributed by atoms with Gasteiger partial charge in [-0.05, 0) is 41.8 Å². The molecule has 3 aromatic rings. The zero-order valence-electron chi connectivity index (χ0n) is 18.3. The summed E-state index contributed by atoms with van der Waals surface area (Å²) in [6.07, 6.45) is 2.18. The van der Waals surface area contributed by atoms with Gasteiger partial charge in [-0.1, -0.05) is 43.6 Å². The van der Waals surface area contributed by atoms with Gasteiger partial charge < -0.3 is 13.9 Å². The zero-order valence-corrected chi connectivity index (χ0v) is 20.6. The molecule has 32 heavy (non-hydrogen) atoms. The first-order valence-corrected chi connectivity index (χ1v) is 12.7. The Hall–Kier alpha value is -2.22. The van der Waals surface area contributed by atoms with Gasteiger partial charge in [-0.25, -0.2) is 13.4 Å². The van der Waals surface area contributed by atoms with Gasteiger partial charge in [0, 0.05) is 11.7 Å². The molecular formula is C23H25Cl2NO5S. The van der Waals surface area contributed by atoms with E-state index < -0.39 is 9.84 Å². The molecule has 0 radical (unpaired) electrons. The van der Waals surface area contributed by atoms with Crippen molar-refractivity contribution in [2.45, 2.75) is 37.8 Å². The maximum Gasteiger partial charge on any atom is 0.200 e. The predicted molar refractivity (Wildman–Crippen MR) is 125 cm³/mol. The van der Waals surface area contributed by atoms with E-state index in [1.165, 1.54) is 0 Å². The Kier molecular flexibility index (Phi) is 7.43. The molecule has 0 aliphatic carbocycles. The standard InChI is InChI=1S/C23H25Cl2NO5S/c1-15-11-17(12-19(25)21(15)29-10-9-24)23(2,3)16-5-7-18(8-6-16)30-13-20-22(26-14-31-20)32(4,27)28/h5-8,11-12,14H,9-10,13H2,1-4H3. The van der Waals surface area contributed by atoms with E-state index in [9.17, 15) is 8.42 Å². The number of rotatable bonds is 9. The Morgan fingerprint density at radius 2 is 1.78 bits per heavy atom. The number of hydrogen-bond donors (Lipinski definition) is 0. The number of benzene rings is 2. The molecule has 0 saturated carbocycles. The van der Waals surface area contributed by atoms with Crippen molar-refractivity contribution in [1.29, 1.82) is 0 Å². The number of hydrogen-bond acceptors (Lipinski definition) is 6. The van der Waals surface area contributed by atoms with Gasteiger partial charge in [0.15, 0.2) is 27.0 Å². The summed E-state index contributed by atoms with van der Waals surface area (Å²) >= 11 is 12.2. The maximum absolute atomic E-state index is 11.7. The third-order valence-corrected chi connectivity index (χ3v) is 6.65. The zero-order chi connectivity index (χ0) is 23.5. The Morgan fingerprint density at radius 3 is 2.38 bits per heavy atom. The van der Waals surface area contributed by atoms with Crippen molar-refractivity contribution < 1.29 is 22.3 Å². The van der Waals surface area contributed by atoms with Crippen molar-refractivity contribution in [2.75, 3.05) is 18.7 Å². The van der Waals surface area contributed by atoms with Crippen molar-refractivity contribution in [1.82, 2.24) is 4.98 Å². The Bertz CT molecular complexity index is 1160. The molecule has 0 N–H and O–H groups in total. The Labute approximate surface area is 198 Å². The van der Waals surface area contributed by atoms with Crippen LogP contribution in [-0.4, -0.2) is 32.1 Å². The highest BCUT2D eigenvalue weighted by Crippen LogP contribution is 2.38. The molecule has 0 amide bonds. The van der Waals surface area contributed by atoms with Crippen molar-refractivity contribution in [3.8, 4) is 11.5 Å². The molecule has 0 saturated heterocycles. The molecule has 0 aliphatic heterocycles. The maximum atomic E-state index is 11.7. The summed E-state index contributed by atoms with van der Waals surface area (Å²) < 4.78 is 40.0. The molecule has 0 unspecified atom stereocenters. The van der Waals surface area contributed by atoms with Crippen LogP contribution in [0, 0.1) is 6.92 Å². The molecule has 0 spiro atoms. The molecular weight excluding hydrogens is 473 g/mol. The molecule has 0 atom stereocenters. The van der Waals surface area contributed by atoms with Gasteiger partial charge in [-0.2, -0.15) is 0 Å². The number of ether oxygens (including phenoxy) is 2. The van der Waals surface area contributed by atoms with Crippen molar-refractivity contribution >= 4 is 33.0 Å². The third kappa shape index (κ3) is 5.39. The topological polar surface area (TPSA) is 78.6 Å². The van der Waals surface area contributed by atoms with Crippen molar-refractivity contribution in [2.24, 2.45) is 0 Å². The van der Waals surface area contributed by atoms with Gasteiger partial charge in [0.05, 0.1) is 10.9 Å². The van der Waals surface area contributed by atoms with Crippen LogP contribution in [0.2, 0.25) is 5.02 Å². The van der Waals surface area contributed by atoms with E-state index >= 15 is 0 Å². The van der Waals surface area contributed by atoms with E-state index in [0.717, 1.165) is 29.3 Å². The van der Waals surface area contributed by atoms with Gasteiger partial charge in [-0.15, -0.1) is 11.6 Å². The highest BCUT2D eigenvalue weighted by Gasteiger charge is 2.25. The predicted octanol–water partition coefficient (Wildman–Crippen LogP) is 5.56. The third-order valence-electron chi connectivity index (χ3n) is 5.18. The number of nitrogens with zero attached hydrogens (tertiary/aromatic N) is 1. The molecule has 0 aliphatic rings. The number of aromatic nitrogens is 1. The first kappa shape index (κ1) is 24.4. The summed E-state index contributed by atoms with van der Waals surface area (Å²) in [5.41, 5.74) is 2.73. The summed E-state index contributed by atoms with van der Waals surface area (Å²) in [4.78, 5) is 3.76. The van der Waals surface area contributed by atoms with E-state index in [4.69, 9.17) is 37.1 Å². The van der Waals surface area contributed by atoms with Gasteiger partial charge in [0.25, 0.3) is 0 Å². The van der Waals surface area contributed by atoms with Crippen LogP contribution in [0.4, 0.5) is 0 Å². The SMILES string of the molecule is Cc1cc(C(C)(C)c2ccc(OCc3ocnc3S(C)(=O)=O)cc2)cc(Cl)c1OCCCl. The average Bonchev–Trinajstić information content (AvgIpc) is 3.21. The van der Waals surface area contributed by atoms with Crippen LogP contribution in [0.25, 0.3) is 0 Å². The first-order chi connectivity index (χ1) is 15.0. The monoisotopic (exact) mass is 497 g/mol. The largest absolute Gasteiger partial charge is 0.491 e. The van der Waals surface area contributed by atoms with Crippen LogP contribution in [0.5, 0.6) is 11.5 Å². The molecule has 1 heterocycles. The molecule has 0 fully saturated rings. The fraction of sp³-hybridized carbons (Fsp3) is 0.348. The second kappa shape index (κ2) is 9.73. The normalized spacial score (nSPS) is 12.1. The van der Waals surface area contributed by atoms with Gasteiger partial charge in [0.2, 0.25) is 0 Å². The van der Waals surface area contributed by atoms with Crippen LogP contribution in [0.15, 0.2) is 52.2 Å². The van der Waals surface area contributed by atoms with E-state index in [2.05, 4.69) is 24.9 Å². The van der Waals surface area contributed by atoms with Crippen LogP contribution >= 0.6 is 23.2 Å². The van der Waals surface area contributed by atoms with E-state index in [-0.39, 0.29) is 22.8 Å². The molecule has 172 valence electrons. The second-order valence-electron chi connectivity index (χ2n) is 7.93. The lowest BCUT2D eigenvalue weighted by atomic mass is 9.77. The van der Waals surface area contributed by atoms with Crippen LogP contribution in [-0.2, 0) is 21.9 Å². The fourth-order valence-corrected chi connectivity index (χ4v) is 4.51. The summed E-state index contributed by atoms with van der Waals surface area (Å²) in [6, 6.07) is 11.6. The number of sulfone groups is 1. The van der Waals surface area contributed by atoms with Crippen molar-refractivity contribution in [3.05, 3.63) is 70.3 Å². The smallest absolute Gasteiger partial charge is 0.200 e. The minimum Gasteiger partial charge on any atom is -0.491 e. The molecule has 0 bridgehead atoms. The average molecular weight is 498 g/mol. The Morgan fingerprint density at radius 1 is 1.09 bits per heavy atom. The van der Waals surface area contributed by atoms with Gasteiger partial charge >= 0.3 is 0 Å². The van der Waals surface area contributed by atoms with E-state index in [1.54, 1.807) is 0 Å². The van der Waals surface area contributed by atoms with E-state index in [0.29, 0.717) is 29.0 Å². The molecule has 2 aromatic carbocycles. The highest BCUT2D eigenvalue weighted by molar-refractivity contribution is 7.90. The van der Waals surface area contributed by atoms with Gasteiger partial charge in [0.1, 0.15) is 24.7 Å². The number of aryl methyl sites for hydroxylation is 1. The highest BCUT2D eigenvalue weighted by atomic mass is 35.5. The summed E-state index contributed by atoms with van der Waals surface area (Å²) in [7, 11) is -3.48. The minimum atomic E-state index is -3.48. The quantitative estimate of drug-likeness (QED) is 0.360. The molecule has 6 nitrogen and oxygen atoms in total. The molecule has 9 heteroatoms. The molecule has 3 rings (SSSR count). The molecule has 1 aromatic heterocycles. The lowest BCUT2D eigenvalue weighted by molar-refractivity contribution is 0.265. The van der Waals surface area contributed by atoms with Crippen molar-refractivity contribution in [3.63, 3.8) is 0 Å². The second-order valence-corrected chi connectivity index (χ2v) is 10.6. The fourth-order valence-electron chi connectivity index (χ4n) is 3.36. The summed E-state index contributed by atoms with van der Waals surface area (Å²) in [5.74, 6) is 1.79. The van der Waals surface area contributed by atoms with Crippen LogP contribution < -0.4 is 9.47 Å². The van der Waals surface area contributed by atoms with E-state index in [1.807, 2.05) is 37.3 Å². The van der Waals surface area contributed by atoms with Crippen LogP contribution in [0.3, 0.4) is 0 Å². The minimum absolute atomic E-state index is 0.0380. The van der Waals surface area contributed by atoms with Gasteiger partial charge in [-0.3, -0.25) is 0 Å². The first-order valence-electron chi connectivity index (χ1n) is 9.89. The number of halogens is 2. The lowest BCUT2D eigenvalue weighted by Gasteiger charge is -2.27. The lowest BCUT2D eigenvalue weighted by Crippen LogP contribution is -2.19. The van der Waals surface area contributed by atoms with Crippen LogP contribution in [0.1, 0.15) is 36.3 Å². The number of alkyl halides is 1. The summed E-state index contributed by atoms with van der Waals surface area (Å²) in [6.45, 7) is 6.54. The number of oxazole rings is 1. The Balaban J connectivity index is 1.77. The summed E-state index contributed by atoms with van der Waals surface area (Å²) in [5, 5.41) is 0.438.